The molecule has 1 aromatic heterocycles. The third-order valence-electron chi connectivity index (χ3n) is 4.84. The molecule has 2 heterocycles. The number of fused-ring (bicyclic) bond motifs is 1. The third-order valence-corrected chi connectivity index (χ3v) is 4.84. The largest absolute Gasteiger partial charge is 0.331 e. The first-order chi connectivity index (χ1) is 10.7. The van der Waals surface area contributed by atoms with E-state index in [4.69, 9.17) is 4.98 Å². The van der Waals surface area contributed by atoms with Crippen LogP contribution >= 0.6 is 0 Å². The Morgan fingerprint density at radius 1 is 1.27 bits per heavy atom. The highest BCUT2D eigenvalue weighted by molar-refractivity contribution is 5.94. The van der Waals surface area contributed by atoms with Crippen LogP contribution in [0, 0.1) is 5.92 Å². The Kier molecular flexibility index (Phi) is 3.37. The van der Waals surface area contributed by atoms with E-state index in [1.807, 2.05) is 12.1 Å². The maximum absolute atomic E-state index is 12.3. The molecule has 0 atom stereocenters. The molecular formula is C17H22N4O. The maximum Gasteiger partial charge on any atom is 0.227 e. The molecule has 22 heavy (non-hydrogen) atoms. The zero-order chi connectivity index (χ0) is 15.1. The smallest absolute Gasteiger partial charge is 0.227 e. The molecule has 1 saturated carbocycles. The maximum atomic E-state index is 12.3. The highest BCUT2D eigenvalue weighted by Gasteiger charge is 2.28. The van der Waals surface area contributed by atoms with Gasteiger partial charge in [0, 0.05) is 24.6 Å². The topological polar surface area (TPSA) is 59.0 Å². The second-order valence-electron chi connectivity index (χ2n) is 6.52. The van der Waals surface area contributed by atoms with Gasteiger partial charge in [-0.3, -0.25) is 4.79 Å². The summed E-state index contributed by atoms with van der Waals surface area (Å²) in [4.78, 5) is 17.1. The number of aryl methyl sites for hydroxylation is 1. The van der Waals surface area contributed by atoms with Gasteiger partial charge < -0.3 is 15.2 Å². The van der Waals surface area contributed by atoms with Crippen molar-refractivity contribution in [2.75, 3.05) is 18.4 Å². The fourth-order valence-corrected chi connectivity index (χ4v) is 3.33. The average molecular weight is 298 g/mol. The molecule has 2 aromatic rings. The fourth-order valence-electron chi connectivity index (χ4n) is 3.33. The molecule has 4 rings (SSSR count). The number of carbonyl (C=O) groups excluding carboxylic acids is 1. The van der Waals surface area contributed by atoms with Crippen LogP contribution < -0.4 is 10.6 Å². The molecule has 2 N–H and O–H groups in total. The summed E-state index contributed by atoms with van der Waals surface area (Å²) in [6.45, 7) is 1.87. The SMILES string of the molecule is Cn1c(C2CC2)nc2cc(NC(=O)C3CCNCC3)ccc21. The summed E-state index contributed by atoms with van der Waals surface area (Å²) in [5.74, 6) is 2.07. The number of nitrogens with zero attached hydrogens (tertiary/aromatic N) is 2. The van der Waals surface area contributed by atoms with Crippen molar-refractivity contribution in [1.29, 1.82) is 0 Å². The van der Waals surface area contributed by atoms with Gasteiger partial charge >= 0.3 is 0 Å². The van der Waals surface area contributed by atoms with Crippen molar-refractivity contribution in [3.8, 4) is 0 Å². The van der Waals surface area contributed by atoms with Gasteiger partial charge in [0.25, 0.3) is 0 Å². The summed E-state index contributed by atoms with van der Waals surface area (Å²) < 4.78 is 2.19. The molecule has 1 amide bonds. The van der Waals surface area contributed by atoms with E-state index in [0.29, 0.717) is 5.92 Å². The fraction of sp³-hybridized carbons (Fsp3) is 0.529. The lowest BCUT2D eigenvalue weighted by Gasteiger charge is -2.21. The first-order valence-corrected chi connectivity index (χ1v) is 8.20. The van der Waals surface area contributed by atoms with Crippen LogP contribution in [0.4, 0.5) is 5.69 Å². The Balaban J connectivity index is 1.55. The Bertz CT molecular complexity index is 711. The monoisotopic (exact) mass is 298 g/mol. The highest BCUT2D eigenvalue weighted by Crippen LogP contribution is 2.40. The number of amides is 1. The van der Waals surface area contributed by atoms with Crippen molar-refractivity contribution < 1.29 is 4.79 Å². The second-order valence-corrected chi connectivity index (χ2v) is 6.52. The highest BCUT2D eigenvalue weighted by atomic mass is 16.1. The van der Waals surface area contributed by atoms with Gasteiger partial charge in [0.1, 0.15) is 5.82 Å². The number of nitrogens with one attached hydrogen (secondary N) is 2. The Hall–Kier alpha value is -1.88. The molecule has 0 radical (unpaired) electrons. The molecule has 1 aromatic carbocycles. The van der Waals surface area contributed by atoms with Crippen LogP contribution in [0.3, 0.4) is 0 Å². The summed E-state index contributed by atoms with van der Waals surface area (Å²) in [5.41, 5.74) is 2.98. The molecule has 2 aliphatic rings. The first kappa shape index (κ1) is 13.8. The van der Waals surface area contributed by atoms with Crippen LogP contribution in [0.25, 0.3) is 11.0 Å². The van der Waals surface area contributed by atoms with Crippen molar-refractivity contribution in [2.45, 2.75) is 31.6 Å². The van der Waals surface area contributed by atoms with Gasteiger partial charge in [-0.25, -0.2) is 4.98 Å². The van der Waals surface area contributed by atoms with E-state index in [-0.39, 0.29) is 11.8 Å². The van der Waals surface area contributed by atoms with E-state index in [9.17, 15) is 4.79 Å². The molecule has 5 heteroatoms. The molecule has 2 fully saturated rings. The average Bonchev–Trinajstić information content (AvgIpc) is 3.33. The number of piperidine rings is 1. The lowest BCUT2D eigenvalue weighted by molar-refractivity contribution is -0.120. The normalized spacial score (nSPS) is 19.5. The van der Waals surface area contributed by atoms with Crippen LogP contribution in [0.1, 0.15) is 37.4 Å². The summed E-state index contributed by atoms with van der Waals surface area (Å²) in [5, 5.41) is 6.35. The lowest BCUT2D eigenvalue weighted by atomic mass is 9.97. The number of rotatable bonds is 3. The third kappa shape index (κ3) is 2.50. The molecule has 0 unspecified atom stereocenters. The van der Waals surface area contributed by atoms with Crippen molar-refractivity contribution in [3.05, 3.63) is 24.0 Å². The summed E-state index contributed by atoms with van der Waals surface area (Å²) in [6.07, 6.45) is 4.33. The van der Waals surface area contributed by atoms with Gasteiger partial charge in [0.15, 0.2) is 0 Å². The lowest BCUT2D eigenvalue weighted by Crippen LogP contribution is -2.34. The molecule has 1 aliphatic carbocycles. The number of imidazole rings is 1. The summed E-state index contributed by atoms with van der Waals surface area (Å²) >= 11 is 0. The van der Waals surface area contributed by atoms with E-state index >= 15 is 0 Å². The number of anilines is 1. The summed E-state index contributed by atoms with van der Waals surface area (Å²) in [6, 6.07) is 6.05. The van der Waals surface area contributed by atoms with E-state index in [1.165, 1.54) is 18.7 Å². The van der Waals surface area contributed by atoms with Crippen LogP contribution in [0.5, 0.6) is 0 Å². The Labute approximate surface area is 130 Å². The molecule has 0 bridgehead atoms. The van der Waals surface area contributed by atoms with Crippen LogP contribution in [0.15, 0.2) is 18.2 Å². The minimum Gasteiger partial charge on any atom is -0.331 e. The quantitative estimate of drug-likeness (QED) is 0.914. The predicted octanol–water partition coefficient (Wildman–Crippen LogP) is 2.39. The van der Waals surface area contributed by atoms with Gasteiger partial charge in [-0.2, -0.15) is 0 Å². The van der Waals surface area contributed by atoms with Gasteiger partial charge in [0.2, 0.25) is 5.91 Å². The minimum atomic E-state index is 0.128. The zero-order valence-corrected chi connectivity index (χ0v) is 12.9. The van der Waals surface area contributed by atoms with Gasteiger partial charge in [-0.1, -0.05) is 0 Å². The molecular weight excluding hydrogens is 276 g/mol. The minimum absolute atomic E-state index is 0.128. The molecule has 116 valence electrons. The Morgan fingerprint density at radius 3 is 2.77 bits per heavy atom. The second kappa shape index (κ2) is 5.39. The molecule has 0 spiro atoms. The number of carbonyl (C=O) groups is 1. The van der Waals surface area contributed by atoms with Gasteiger partial charge in [0.05, 0.1) is 11.0 Å². The molecule has 1 saturated heterocycles. The van der Waals surface area contributed by atoms with Crippen LogP contribution in [-0.4, -0.2) is 28.5 Å². The van der Waals surface area contributed by atoms with Crippen LogP contribution in [0.2, 0.25) is 0 Å². The van der Waals surface area contributed by atoms with E-state index in [1.54, 1.807) is 0 Å². The van der Waals surface area contributed by atoms with Crippen LogP contribution in [-0.2, 0) is 11.8 Å². The van der Waals surface area contributed by atoms with Gasteiger partial charge in [-0.15, -0.1) is 0 Å². The Morgan fingerprint density at radius 2 is 2.05 bits per heavy atom. The standard InChI is InChI=1S/C17H22N4O/c1-21-15-5-4-13(10-14(15)20-16(21)11-2-3-11)19-17(22)12-6-8-18-9-7-12/h4-5,10-12,18H,2-3,6-9H2,1H3,(H,19,22). The van der Waals surface area contributed by atoms with Crippen molar-refractivity contribution >= 4 is 22.6 Å². The predicted molar refractivity (Wildman–Crippen MR) is 86.9 cm³/mol. The first-order valence-electron chi connectivity index (χ1n) is 8.20. The number of benzene rings is 1. The van der Waals surface area contributed by atoms with E-state index in [2.05, 4.69) is 28.3 Å². The number of hydrogen-bond acceptors (Lipinski definition) is 3. The number of aromatic nitrogens is 2. The summed E-state index contributed by atoms with van der Waals surface area (Å²) in [7, 11) is 2.08. The number of hydrogen-bond donors (Lipinski definition) is 2. The van der Waals surface area contributed by atoms with Crippen molar-refractivity contribution in [3.63, 3.8) is 0 Å². The van der Waals surface area contributed by atoms with Crippen molar-refractivity contribution in [1.82, 2.24) is 14.9 Å². The molecule has 1 aliphatic heterocycles. The van der Waals surface area contributed by atoms with E-state index < -0.39 is 0 Å². The van der Waals surface area contributed by atoms with Crippen molar-refractivity contribution in [2.24, 2.45) is 13.0 Å². The zero-order valence-electron chi connectivity index (χ0n) is 12.9. The van der Waals surface area contributed by atoms with Gasteiger partial charge in [-0.05, 0) is 57.0 Å². The van der Waals surface area contributed by atoms with E-state index in [0.717, 1.165) is 42.7 Å². The molecule has 5 nitrogen and oxygen atoms in total.